The molecule has 3 rings (SSSR count). The minimum absolute atomic E-state index is 0. The second-order valence-electron chi connectivity index (χ2n) is 6.01. The monoisotopic (exact) mass is 373 g/mol. The van der Waals surface area contributed by atoms with Crippen LogP contribution in [0.1, 0.15) is 22.5 Å². The third-order valence-electron chi connectivity index (χ3n) is 4.78. The van der Waals surface area contributed by atoms with Gasteiger partial charge in [0.15, 0.2) is 0 Å². The normalized spacial score (nSPS) is 20.4. The Kier molecular flexibility index (Phi) is 6.62. The number of piperidine rings is 1. The van der Waals surface area contributed by atoms with E-state index in [9.17, 15) is 9.59 Å². The molecule has 2 saturated heterocycles. The van der Waals surface area contributed by atoms with Crippen LogP contribution in [0.15, 0.2) is 17.5 Å². The predicted molar refractivity (Wildman–Crippen MR) is 95.9 cm³/mol. The highest BCUT2D eigenvalue weighted by atomic mass is 35.5. The van der Waals surface area contributed by atoms with Gasteiger partial charge < -0.3 is 19.9 Å². The van der Waals surface area contributed by atoms with Gasteiger partial charge in [0.05, 0.1) is 4.88 Å². The number of nitrogens with zero attached hydrogens (tertiary/aromatic N) is 2. The molecular weight excluding hydrogens is 350 g/mol. The molecule has 2 aliphatic heterocycles. The Hall–Kier alpha value is -1.15. The van der Waals surface area contributed by atoms with Crippen LogP contribution in [0.4, 0.5) is 0 Å². The van der Waals surface area contributed by atoms with Gasteiger partial charge in [0.1, 0.15) is 5.60 Å². The highest BCUT2D eigenvalue weighted by Gasteiger charge is 2.43. The fraction of sp³-hybridized carbons (Fsp3) is 0.625. The van der Waals surface area contributed by atoms with Gasteiger partial charge in [-0.25, -0.2) is 0 Å². The first-order valence-corrected chi connectivity index (χ1v) is 8.92. The Morgan fingerprint density at radius 1 is 1.17 bits per heavy atom. The summed E-state index contributed by atoms with van der Waals surface area (Å²) in [6, 6.07) is 3.73. The molecular formula is C16H24ClN3O3S. The first-order chi connectivity index (χ1) is 11.2. The molecule has 0 aliphatic carbocycles. The Morgan fingerprint density at radius 3 is 2.33 bits per heavy atom. The van der Waals surface area contributed by atoms with Crippen LogP contribution < -0.4 is 5.32 Å². The lowest BCUT2D eigenvalue weighted by Crippen LogP contribution is -2.59. The Bertz CT molecular complexity index is 553. The van der Waals surface area contributed by atoms with Crippen molar-refractivity contribution in [3.8, 4) is 0 Å². The van der Waals surface area contributed by atoms with Crippen LogP contribution in [0, 0.1) is 0 Å². The quantitative estimate of drug-likeness (QED) is 0.865. The van der Waals surface area contributed by atoms with Crippen LogP contribution in [-0.2, 0) is 9.53 Å². The summed E-state index contributed by atoms with van der Waals surface area (Å²) in [5.41, 5.74) is -0.689. The summed E-state index contributed by atoms with van der Waals surface area (Å²) in [4.78, 5) is 29.7. The number of piperazine rings is 1. The van der Waals surface area contributed by atoms with Gasteiger partial charge in [-0.05, 0) is 37.4 Å². The first-order valence-electron chi connectivity index (χ1n) is 8.04. The van der Waals surface area contributed by atoms with E-state index >= 15 is 0 Å². The van der Waals surface area contributed by atoms with Gasteiger partial charge in [0.2, 0.25) is 0 Å². The van der Waals surface area contributed by atoms with Crippen LogP contribution >= 0.6 is 23.7 Å². The maximum absolute atomic E-state index is 12.9. The van der Waals surface area contributed by atoms with Crippen molar-refractivity contribution in [1.82, 2.24) is 15.1 Å². The lowest BCUT2D eigenvalue weighted by Gasteiger charge is -2.42. The number of hydrogen-bond acceptors (Lipinski definition) is 5. The highest BCUT2D eigenvalue weighted by Crippen LogP contribution is 2.26. The lowest BCUT2D eigenvalue weighted by molar-refractivity contribution is -0.159. The Morgan fingerprint density at radius 2 is 1.79 bits per heavy atom. The molecule has 1 N–H and O–H groups in total. The molecule has 2 aliphatic rings. The van der Waals surface area contributed by atoms with E-state index in [-0.39, 0.29) is 24.2 Å². The molecule has 134 valence electrons. The maximum atomic E-state index is 12.9. The molecule has 0 aromatic carbocycles. The number of thiophene rings is 1. The largest absolute Gasteiger partial charge is 0.368 e. The van der Waals surface area contributed by atoms with Crippen molar-refractivity contribution < 1.29 is 14.3 Å². The van der Waals surface area contributed by atoms with Crippen LogP contribution in [0.3, 0.4) is 0 Å². The van der Waals surface area contributed by atoms with Gasteiger partial charge in [-0.1, -0.05) is 6.07 Å². The molecule has 0 spiro atoms. The fourth-order valence-corrected chi connectivity index (χ4v) is 3.98. The number of methoxy groups -OCH3 is 1. The third-order valence-corrected chi connectivity index (χ3v) is 5.64. The molecule has 6 nitrogen and oxygen atoms in total. The number of rotatable bonds is 3. The summed E-state index contributed by atoms with van der Waals surface area (Å²) >= 11 is 1.46. The van der Waals surface area contributed by atoms with E-state index < -0.39 is 5.60 Å². The number of ether oxygens (including phenoxy) is 1. The molecule has 3 heterocycles. The standard InChI is InChI=1S/C16H23N3O3S.ClH/c1-22-16(4-6-17-7-5-16)15(21)19-10-8-18(9-11-19)14(20)13-3-2-12-23-13;/h2-3,12,17H,4-11H2,1H3;1H. The van der Waals surface area contributed by atoms with Crippen LogP contribution in [0.2, 0.25) is 0 Å². The molecule has 1 aromatic rings. The van der Waals surface area contributed by atoms with E-state index in [4.69, 9.17) is 4.74 Å². The first kappa shape index (κ1) is 19.2. The van der Waals surface area contributed by atoms with Gasteiger partial charge in [-0.2, -0.15) is 0 Å². The van der Waals surface area contributed by atoms with Crippen LogP contribution in [0.5, 0.6) is 0 Å². The third kappa shape index (κ3) is 3.74. The van der Waals surface area contributed by atoms with Gasteiger partial charge in [-0.15, -0.1) is 23.7 Å². The SMILES string of the molecule is COC1(C(=O)N2CCN(C(=O)c3cccs3)CC2)CCNCC1.Cl. The summed E-state index contributed by atoms with van der Waals surface area (Å²) in [6.07, 6.45) is 1.41. The van der Waals surface area contributed by atoms with Gasteiger partial charge in [0.25, 0.3) is 11.8 Å². The maximum Gasteiger partial charge on any atom is 0.264 e. The Balaban J connectivity index is 0.00000208. The number of amides is 2. The molecule has 8 heteroatoms. The highest BCUT2D eigenvalue weighted by molar-refractivity contribution is 7.12. The smallest absolute Gasteiger partial charge is 0.264 e. The molecule has 0 saturated carbocycles. The number of hydrogen-bond donors (Lipinski definition) is 1. The summed E-state index contributed by atoms with van der Waals surface area (Å²) in [5.74, 6) is 0.139. The minimum atomic E-state index is -0.689. The second-order valence-corrected chi connectivity index (χ2v) is 6.96. The van der Waals surface area contributed by atoms with Gasteiger partial charge in [-0.3, -0.25) is 9.59 Å². The predicted octanol–water partition coefficient (Wildman–Crippen LogP) is 1.22. The van der Waals surface area contributed by atoms with Crippen molar-refractivity contribution in [2.45, 2.75) is 18.4 Å². The van der Waals surface area contributed by atoms with Gasteiger partial charge >= 0.3 is 0 Å². The number of carbonyl (C=O) groups is 2. The number of carbonyl (C=O) groups excluding carboxylic acids is 2. The van der Waals surface area contributed by atoms with Crippen molar-refractivity contribution in [3.05, 3.63) is 22.4 Å². The van der Waals surface area contributed by atoms with E-state index in [0.717, 1.165) is 18.0 Å². The van der Waals surface area contributed by atoms with Crippen LogP contribution in [0.25, 0.3) is 0 Å². The van der Waals surface area contributed by atoms with E-state index in [0.29, 0.717) is 39.0 Å². The van der Waals surface area contributed by atoms with Crippen LogP contribution in [-0.4, -0.2) is 73.6 Å². The average molecular weight is 374 g/mol. The van der Waals surface area contributed by atoms with E-state index in [1.54, 1.807) is 7.11 Å². The molecule has 24 heavy (non-hydrogen) atoms. The minimum Gasteiger partial charge on any atom is -0.368 e. The molecule has 0 radical (unpaired) electrons. The lowest BCUT2D eigenvalue weighted by atomic mass is 9.90. The molecule has 0 unspecified atom stereocenters. The summed E-state index contributed by atoms with van der Waals surface area (Å²) in [5, 5.41) is 5.18. The molecule has 0 bridgehead atoms. The average Bonchev–Trinajstić information content (AvgIpc) is 3.16. The van der Waals surface area contributed by atoms with Crippen molar-refractivity contribution >= 4 is 35.6 Å². The molecule has 2 fully saturated rings. The van der Waals surface area contributed by atoms with Crippen molar-refractivity contribution in [3.63, 3.8) is 0 Å². The summed E-state index contributed by atoms with van der Waals surface area (Å²) < 4.78 is 5.62. The number of nitrogens with one attached hydrogen (secondary N) is 1. The topological polar surface area (TPSA) is 61.9 Å². The van der Waals surface area contributed by atoms with E-state index in [2.05, 4.69) is 5.32 Å². The van der Waals surface area contributed by atoms with Crippen molar-refractivity contribution in [2.24, 2.45) is 0 Å². The zero-order valence-electron chi connectivity index (χ0n) is 13.8. The summed E-state index contributed by atoms with van der Waals surface area (Å²) in [7, 11) is 1.62. The van der Waals surface area contributed by atoms with E-state index in [1.807, 2.05) is 27.3 Å². The van der Waals surface area contributed by atoms with Crippen molar-refractivity contribution in [2.75, 3.05) is 46.4 Å². The fourth-order valence-electron chi connectivity index (χ4n) is 3.29. The summed E-state index contributed by atoms with van der Waals surface area (Å²) in [6.45, 7) is 3.93. The van der Waals surface area contributed by atoms with Gasteiger partial charge in [0, 0.05) is 33.3 Å². The zero-order valence-corrected chi connectivity index (χ0v) is 15.5. The van der Waals surface area contributed by atoms with E-state index in [1.165, 1.54) is 11.3 Å². The second kappa shape index (κ2) is 8.29. The molecule has 2 amide bonds. The Labute approximate surface area is 152 Å². The molecule has 1 aromatic heterocycles. The molecule has 0 atom stereocenters. The number of halogens is 1. The van der Waals surface area contributed by atoms with Crippen molar-refractivity contribution in [1.29, 1.82) is 0 Å². The zero-order chi connectivity index (χ0) is 16.3.